The molecule has 0 amide bonds. The fourth-order valence-corrected chi connectivity index (χ4v) is 2.83. The molecule has 0 unspecified atom stereocenters. The maximum absolute atomic E-state index is 10.9. The number of phosphoric ester groups is 1. The first-order valence-electron chi connectivity index (χ1n) is 8.74. The van der Waals surface area contributed by atoms with Crippen LogP contribution in [0.4, 0.5) is 5.82 Å². The van der Waals surface area contributed by atoms with E-state index in [0.29, 0.717) is 35.7 Å². The minimum absolute atomic E-state index is 0.203. The summed E-state index contributed by atoms with van der Waals surface area (Å²) in [6.07, 6.45) is 3.93. The van der Waals surface area contributed by atoms with E-state index in [1.165, 1.54) is 10.8 Å². The fraction of sp³-hybridized carbons (Fsp3) is 0.222. The predicted octanol–water partition coefficient (Wildman–Crippen LogP) is 1.56. The van der Waals surface area contributed by atoms with E-state index in [1.807, 2.05) is 12.1 Å². The van der Waals surface area contributed by atoms with Crippen molar-refractivity contribution in [2.24, 2.45) is 0 Å². The second kappa shape index (κ2) is 9.47. The highest BCUT2D eigenvalue weighted by atomic mass is 31.2. The van der Waals surface area contributed by atoms with E-state index in [4.69, 9.17) is 30.0 Å². The molecule has 0 aliphatic carbocycles. The van der Waals surface area contributed by atoms with Crippen LogP contribution < -0.4 is 15.0 Å². The first-order valence-corrected chi connectivity index (χ1v) is 10.3. The van der Waals surface area contributed by atoms with Crippen molar-refractivity contribution in [1.29, 1.82) is 5.26 Å². The Balaban J connectivity index is 1.69. The van der Waals surface area contributed by atoms with Crippen molar-refractivity contribution in [2.75, 3.05) is 12.3 Å². The number of anilines is 1. The summed E-state index contributed by atoms with van der Waals surface area (Å²) in [6, 6.07) is 10.6. The number of nitrogens with two attached hydrogens (primary N) is 1. The number of pyridine rings is 2. The molecular formula is C18H19N5O6P+. The molecule has 4 N–H and O–H groups in total. The number of nitriles is 1. The summed E-state index contributed by atoms with van der Waals surface area (Å²) in [5, 5.41) is 12.6. The summed E-state index contributed by atoms with van der Waals surface area (Å²) in [7, 11) is -4.63. The van der Waals surface area contributed by atoms with E-state index in [2.05, 4.69) is 14.7 Å². The lowest BCUT2D eigenvalue weighted by Crippen LogP contribution is -2.38. The van der Waals surface area contributed by atoms with Gasteiger partial charge < -0.3 is 19.0 Å². The van der Waals surface area contributed by atoms with Crippen LogP contribution in [0.25, 0.3) is 11.3 Å². The number of phosphoric acid groups is 1. The minimum atomic E-state index is -4.63. The number of rotatable bonds is 9. The van der Waals surface area contributed by atoms with Crippen molar-refractivity contribution in [3.63, 3.8) is 0 Å². The number of hydrogen-bond acceptors (Lipinski definition) is 8. The molecule has 156 valence electrons. The molecule has 3 aromatic heterocycles. The molecule has 30 heavy (non-hydrogen) atoms. The van der Waals surface area contributed by atoms with Gasteiger partial charge in [0.2, 0.25) is 12.6 Å². The lowest BCUT2D eigenvalue weighted by molar-refractivity contribution is -0.711. The molecule has 3 rings (SSSR count). The average Bonchev–Trinajstić information content (AvgIpc) is 3.16. The highest BCUT2D eigenvalue weighted by Crippen LogP contribution is 2.35. The minimum Gasteiger partial charge on any atom is -0.477 e. The number of nitrogen functional groups attached to an aromatic ring is 1. The zero-order valence-electron chi connectivity index (χ0n) is 15.7. The molecule has 0 atom stereocenters. The van der Waals surface area contributed by atoms with Crippen LogP contribution in [0, 0.1) is 11.3 Å². The standard InChI is InChI=1S/C18H18N5O6P/c19-6-2-8-27-17-5-4-13(11-21-17)9-14-10-16(29-22-14)15-3-1-7-23(18(15)20)12-28-30(24,25)26/h1,3-5,7,10-11,20H,2,8-9,12H2,(H2,24,25,26)/p+1. The van der Waals surface area contributed by atoms with Crippen molar-refractivity contribution >= 4 is 13.6 Å². The van der Waals surface area contributed by atoms with Gasteiger partial charge in [0.1, 0.15) is 12.2 Å². The van der Waals surface area contributed by atoms with Gasteiger partial charge in [-0.1, -0.05) is 11.2 Å². The summed E-state index contributed by atoms with van der Waals surface area (Å²) < 4.78 is 27.4. The van der Waals surface area contributed by atoms with E-state index in [9.17, 15) is 4.57 Å². The smallest absolute Gasteiger partial charge is 0.472 e. The Kier molecular flexibility index (Phi) is 6.76. The molecular weight excluding hydrogens is 413 g/mol. The van der Waals surface area contributed by atoms with E-state index in [1.54, 1.807) is 30.5 Å². The molecule has 3 aromatic rings. The second-order valence-corrected chi connectivity index (χ2v) is 7.39. The van der Waals surface area contributed by atoms with Gasteiger partial charge in [-0.25, -0.2) is 18.6 Å². The first kappa shape index (κ1) is 21.4. The average molecular weight is 432 g/mol. The van der Waals surface area contributed by atoms with Crippen LogP contribution in [0.2, 0.25) is 0 Å². The van der Waals surface area contributed by atoms with Gasteiger partial charge in [0.05, 0.1) is 24.4 Å². The lowest BCUT2D eigenvalue weighted by Gasteiger charge is -2.07. The van der Waals surface area contributed by atoms with Crippen molar-refractivity contribution < 1.29 is 32.7 Å². The number of aromatic nitrogens is 3. The number of hydrogen-bond donors (Lipinski definition) is 3. The molecule has 0 radical (unpaired) electrons. The Labute approximate surface area is 171 Å². The zero-order chi connectivity index (χ0) is 21.6. The van der Waals surface area contributed by atoms with E-state index >= 15 is 0 Å². The molecule has 11 nitrogen and oxygen atoms in total. The summed E-state index contributed by atoms with van der Waals surface area (Å²) in [5.41, 5.74) is 8.10. The Morgan fingerprint density at radius 3 is 2.87 bits per heavy atom. The van der Waals surface area contributed by atoms with Crippen LogP contribution in [0.3, 0.4) is 0 Å². The van der Waals surface area contributed by atoms with Gasteiger partial charge in [0.15, 0.2) is 5.76 Å². The Morgan fingerprint density at radius 1 is 1.33 bits per heavy atom. The summed E-state index contributed by atoms with van der Waals surface area (Å²) in [6.45, 7) is -0.132. The van der Waals surface area contributed by atoms with Gasteiger partial charge in [-0.15, -0.1) is 0 Å². The molecule has 0 aliphatic heterocycles. The second-order valence-electron chi connectivity index (χ2n) is 6.15. The molecule has 0 aromatic carbocycles. The molecule has 0 bridgehead atoms. The van der Waals surface area contributed by atoms with Crippen LogP contribution in [0.15, 0.2) is 47.2 Å². The Hall–Kier alpha value is -3.29. The SMILES string of the molecule is N#CCCOc1ccc(Cc2cc(-c3ccc[n+](COP(=O)(O)O)c3N)on2)cn1. The monoisotopic (exact) mass is 432 g/mol. The maximum Gasteiger partial charge on any atom is 0.472 e. The van der Waals surface area contributed by atoms with Crippen LogP contribution in [-0.2, 0) is 22.2 Å². The normalized spacial score (nSPS) is 11.2. The molecule has 0 spiro atoms. The van der Waals surface area contributed by atoms with Gasteiger partial charge in [-0.2, -0.15) is 5.26 Å². The summed E-state index contributed by atoms with van der Waals surface area (Å²) in [5.74, 6) is 1.04. The van der Waals surface area contributed by atoms with Gasteiger partial charge in [-0.05, 0) is 17.7 Å². The van der Waals surface area contributed by atoms with E-state index in [-0.39, 0.29) is 12.4 Å². The van der Waals surface area contributed by atoms with E-state index < -0.39 is 14.6 Å². The summed E-state index contributed by atoms with van der Waals surface area (Å²) >= 11 is 0. The van der Waals surface area contributed by atoms with E-state index in [0.717, 1.165) is 5.56 Å². The molecule has 0 saturated heterocycles. The van der Waals surface area contributed by atoms with Crippen molar-refractivity contribution in [1.82, 2.24) is 10.1 Å². The van der Waals surface area contributed by atoms with Crippen molar-refractivity contribution in [3.8, 4) is 23.3 Å². The topological polar surface area (TPSA) is 169 Å². The van der Waals surface area contributed by atoms with Gasteiger partial charge >= 0.3 is 7.82 Å². The quantitative estimate of drug-likeness (QED) is 0.256. The predicted molar refractivity (Wildman–Crippen MR) is 102 cm³/mol. The Bertz CT molecular complexity index is 1090. The van der Waals surface area contributed by atoms with Crippen LogP contribution in [0.5, 0.6) is 5.88 Å². The molecule has 0 aliphatic rings. The van der Waals surface area contributed by atoms with Gasteiger partial charge in [0, 0.05) is 24.8 Å². The third-order valence-corrected chi connectivity index (χ3v) is 4.40. The number of ether oxygens (including phenoxy) is 1. The molecule has 3 heterocycles. The third-order valence-electron chi connectivity index (χ3n) is 3.95. The highest BCUT2D eigenvalue weighted by molar-refractivity contribution is 7.46. The van der Waals surface area contributed by atoms with Gasteiger partial charge in [0.25, 0.3) is 5.82 Å². The van der Waals surface area contributed by atoms with Crippen LogP contribution >= 0.6 is 7.82 Å². The molecule has 12 heteroatoms. The highest BCUT2D eigenvalue weighted by Gasteiger charge is 2.20. The van der Waals surface area contributed by atoms with Crippen LogP contribution in [0.1, 0.15) is 17.7 Å². The van der Waals surface area contributed by atoms with Crippen molar-refractivity contribution in [3.05, 3.63) is 54.0 Å². The van der Waals surface area contributed by atoms with Crippen LogP contribution in [-0.4, -0.2) is 26.5 Å². The largest absolute Gasteiger partial charge is 0.477 e. The third kappa shape index (κ3) is 5.85. The van der Waals surface area contributed by atoms with Gasteiger partial charge in [-0.3, -0.25) is 5.73 Å². The first-order chi connectivity index (χ1) is 14.4. The molecule has 0 saturated carbocycles. The maximum atomic E-state index is 10.9. The molecule has 0 fully saturated rings. The number of nitrogens with zero attached hydrogens (tertiary/aromatic N) is 4. The summed E-state index contributed by atoms with van der Waals surface area (Å²) in [4.78, 5) is 21.9. The van der Waals surface area contributed by atoms with Crippen molar-refractivity contribution in [2.45, 2.75) is 19.6 Å². The lowest BCUT2D eigenvalue weighted by atomic mass is 10.1. The Morgan fingerprint density at radius 2 is 2.17 bits per heavy atom. The zero-order valence-corrected chi connectivity index (χ0v) is 16.6. The fourth-order valence-electron chi connectivity index (χ4n) is 2.56.